The molecule has 3 aromatic rings. The van der Waals surface area contributed by atoms with E-state index in [0.29, 0.717) is 12.2 Å². The number of sulfonamides is 1. The zero-order valence-corrected chi connectivity index (χ0v) is 18.0. The Morgan fingerprint density at radius 3 is 2.13 bits per heavy atom. The second-order valence-corrected chi connectivity index (χ2v) is 9.18. The van der Waals surface area contributed by atoms with Gasteiger partial charge in [0.1, 0.15) is 0 Å². The molecule has 0 fully saturated rings. The van der Waals surface area contributed by atoms with Crippen LogP contribution in [0.5, 0.6) is 0 Å². The molecule has 0 spiro atoms. The van der Waals surface area contributed by atoms with Gasteiger partial charge in [-0.25, -0.2) is 8.42 Å². The summed E-state index contributed by atoms with van der Waals surface area (Å²) in [5.41, 5.74) is 3.56. The van der Waals surface area contributed by atoms with Crippen LogP contribution in [0.15, 0.2) is 83.8 Å². The van der Waals surface area contributed by atoms with Gasteiger partial charge in [-0.2, -0.15) is 0 Å². The van der Waals surface area contributed by atoms with Gasteiger partial charge in [0, 0.05) is 13.6 Å². The molecule has 0 saturated carbocycles. The summed E-state index contributed by atoms with van der Waals surface area (Å²) in [4.78, 5) is 12.4. The zero-order valence-electron chi connectivity index (χ0n) is 17.2. The molecule has 0 aliphatic carbocycles. The highest BCUT2D eigenvalue weighted by Gasteiger charge is 2.21. The molecule has 156 valence electrons. The van der Waals surface area contributed by atoms with Gasteiger partial charge in [0.25, 0.3) is 10.0 Å². The number of benzene rings is 3. The number of aryl methyl sites for hydroxylation is 1. The lowest BCUT2D eigenvalue weighted by atomic mass is 10.1. The maximum absolute atomic E-state index is 12.8. The SMILES string of the molecule is Cc1ccc(S(=O)(=O)N(C)c2ccc(CC(=O)NCCc3ccccc3)cc2)cc1. The molecular formula is C24H26N2O3S. The number of anilines is 1. The van der Waals surface area contributed by atoms with Crippen LogP contribution in [-0.4, -0.2) is 27.9 Å². The van der Waals surface area contributed by atoms with Gasteiger partial charge >= 0.3 is 0 Å². The van der Waals surface area contributed by atoms with Crippen LogP contribution in [0.2, 0.25) is 0 Å². The average molecular weight is 423 g/mol. The quantitative estimate of drug-likeness (QED) is 0.602. The van der Waals surface area contributed by atoms with E-state index in [1.54, 1.807) is 48.5 Å². The van der Waals surface area contributed by atoms with Crippen molar-refractivity contribution in [2.24, 2.45) is 0 Å². The minimum absolute atomic E-state index is 0.0562. The molecule has 0 aliphatic rings. The van der Waals surface area contributed by atoms with E-state index in [1.165, 1.54) is 16.9 Å². The first-order chi connectivity index (χ1) is 14.4. The standard InChI is InChI=1S/C24H26N2O3S/c1-19-8-14-23(15-9-19)30(28,29)26(2)22-12-10-21(11-13-22)18-24(27)25-17-16-20-6-4-3-5-7-20/h3-15H,16-18H2,1-2H3,(H,25,27). The Kier molecular flexibility index (Phi) is 6.90. The van der Waals surface area contributed by atoms with E-state index in [-0.39, 0.29) is 17.2 Å². The molecule has 1 N–H and O–H groups in total. The largest absolute Gasteiger partial charge is 0.355 e. The number of amides is 1. The van der Waals surface area contributed by atoms with E-state index in [1.807, 2.05) is 37.3 Å². The first-order valence-electron chi connectivity index (χ1n) is 9.81. The molecule has 0 saturated heterocycles. The molecule has 0 heterocycles. The van der Waals surface area contributed by atoms with Gasteiger partial charge in [0.2, 0.25) is 5.91 Å². The molecule has 0 bridgehead atoms. The van der Waals surface area contributed by atoms with Gasteiger partial charge < -0.3 is 5.32 Å². The molecule has 0 atom stereocenters. The zero-order chi connectivity index (χ0) is 21.6. The third-order valence-corrected chi connectivity index (χ3v) is 6.72. The topological polar surface area (TPSA) is 66.5 Å². The van der Waals surface area contributed by atoms with Gasteiger partial charge in [-0.15, -0.1) is 0 Å². The summed E-state index contributed by atoms with van der Waals surface area (Å²) in [6.45, 7) is 2.50. The second-order valence-electron chi connectivity index (χ2n) is 7.21. The summed E-state index contributed by atoms with van der Waals surface area (Å²) in [6, 6.07) is 23.8. The number of nitrogens with one attached hydrogen (secondary N) is 1. The summed E-state index contributed by atoms with van der Waals surface area (Å²) < 4.78 is 26.9. The van der Waals surface area contributed by atoms with E-state index in [4.69, 9.17) is 0 Å². The maximum atomic E-state index is 12.8. The van der Waals surface area contributed by atoms with Crippen molar-refractivity contribution in [3.8, 4) is 0 Å². The number of rotatable bonds is 8. The smallest absolute Gasteiger partial charge is 0.264 e. The Morgan fingerprint density at radius 1 is 0.867 bits per heavy atom. The van der Waals surface area contributed by atoms with Crippen LogP contribution in [0.1, 0.15) is 16.7 Å². The molecule has 6 heteroatoms. The van der Waals surface area contributed by atoms with Crippen LogP contribution in [-0.2, 0) is 27.7 Å². The summed E-state index contributed by atoms with van der Waals surface area (Å²) in [6.07, 6.45) is 1.04. The Morgan fingerprint density at radius 2 is 1.50 bits per heavy atom. The first kappa shape index (κ1) is 21.6. The van der Waals surface area contributed by atoms with E-state index in [0.717, 1.165) is 17.5 Å². The molecule has 1 amide bonds. The van der Waals surface area contributed by atoms with Crippen LogP contribution in [0, 0.1) is 6.92 Å². The van der Waals surface area contributed by atoms with Crippen molar-refractivity contribution in [1.82, 2.24) is 5.32 Å². The molecule has 30 heavy (non-hydrogen) atoms. The van der Waals surface area contributed by atoms with E-state index < -0.39 is 10.0 Å². The Bertz CT molecular complexity index is 1080. The van der Waals surface area contributed by atoms with Crippen LogP contribution in [0.25, 0.3) is 0 Å². The minimum Gasteiger partial charge on any atom is -0.355 e. The summed E-state index contributed by atoms with van der Waals surface area (Å²) in [7, 11) is -2.10. The highest BCUT2D eigenvalue weighted by Crippen LogP contribution is 2.22. The van der Waals surface area contributed by atoms with Crippen molar-refractivity contribution in [1.29, 1.82) is 0 Å². The summed E-state index contributed by atoms with van der Waals surface area (Å²) in [5.74, 6) is -0.0562. The number of hydrogen-bond acceptors (Lipinski definition) is 3. The highest BCUT2D eigenvalue weighted by atomic mass is 32.2. The number of hydrogen-bond donors (Lipinski definition) is 1. The Hall–Kier alpha value is -3.12. The molecule has 0 aliphatic heterocycles. The van der Waals surface area contributed by atoms with Crippen molar-refractivity contribution in [2.75, 3.05) is 17.9 Å². The highest BCUT2D eigenvalue weighted by molar-refractivity contribution is 7.92. The monoisotopic (exact) mass is 422 g/mol. The Labute approximate surface area is 178 Å². The lowest BCUT2D eigenvalue weighted by molar-refractivity contribution is -0.120. The summed E-state index contributed by atoms with van der Waals surface area (Å²) in [5, 5.41) is 2.92. The van der Waals surface area contributed by atoms with Gasteiger partial charge in [0.15, 0.2) is 0 Å². The van der Waals surface area contributed by atoms with Crippen LogP contribution in [0.3, 0.4) is 0 Å². The normalized spacial score (nSPS) is 11.1. The Balaban J connectivity index is 1.57. The fraction of sp³-hybridized carbons (Fsp3) is 0.208. The lowest BCUT2D eigenvalue weighted by Crippen LogP contribution is -2.27. The molecule has 0 radical (unpaired) electrons. The predicted octanol–water partition coefficient (Wildman–Crippen LogP) is 3.72. The fourth-order valence-corrected chi connectivity index (χ4v) is 4.27. The second kappa shape index (κ2) is 9.59. The third kappa shape index (κ3) is 5.48. The third-order valence-electron chi connectivity index (χ3n) is 4.92. The lowest BCUT2D eigenvalue weighted by Gasteiger charge is -2.20. The number of carbonyl (C=O) groups excluding carboxylic acids is 1. The maximum Gasteiger partial charge on any atom is 0.264 e. The van der Waals surface area contributed by atoms with Crippen molar-refractivity contribution in [3.63, 3.8) is 0 Å². The van der Waals surface area contributed by atoms with Crippen molar-refractivity contribution >= 4 is 21.6 Å². The van der Waals surface area contributed by atoms with Crippen molar-refractivity contribution < 1.29 is 13.2 Å². The first-order valence-corrected chi connectivity index (χ1v) is 11.3. The minimum atomic E-state index is -3.63. The molecule has 3 aromatic carbocycles. The van der Waals surface area contributed by atoms with Gasteiger partial charge in [-0.3, -0.25) is 9.10 Å². The van der Waals surface area contributed by atoms with Crippen molar-refractivity contribution in [3.05, 3.63) is 95.6 Å². The molecule has 5 nitrogen and oxygen atoms in total. The van der Waals surface area contributed by atoms with Crippen molar-refractivity contribution in [2.45, 2.75) is 24.7 Å². The summed E-state index contributed by atoms with van der Waals surface area (Å²) >= 11 is 0. The van der Waals surface area contributed by atoms with Crippen LogP contribution in [0.4, 0.5) is 5.69 Å². The molecule has 3 rings (SSSR count). The fourth-order valence-electron chi connectivity index (χ4n) is 3.07. The van der Waals surface area contributed by atoms with E-state index in [2.05, 4.69) is 5.32 Å². The average Bonchev–Trinajstić information content (AvgIpc) is 2.75. The molecular weight excluding hydrogens is 396 g/mol. The van der Waals surface area contributed by atoms with E-state index >= 15 is 0 Å². The molecule has 0 aromatic heterocycles. The predicted molar refractivity (Wildman–Crippen MR) is 120 cm³/mol. The van der Waals surface area contributed by atoms with Crippen LogP contribution >= 0.6 is 0 Å². The van der Waals surface area contributed by atoms with Gasteiger partial charge in [-0.05, 0) is 48.7 Å². The number of nitrogens with zero attached hydrogens (tertiary/aromatic N) is 1. The number of carbonyl (C=O) groups is 1. The molecule has 0 unspecified atom stereocenters. The van der Waals surface area contributed by atoms with E-state index in [9.17, 15) is 13.2 Å². The van der Waals surface area contributed by atoms with Crippen LogP contribution < -0.4 is 9.62 Å². The van der Waals surface area contributed by atoms with Gasteiger partial charge in [-0.1, -0.05) is 60.2 Å². The van der Waals surface area contributed by atoms with Gasteiger partial charge in [0.05, 0.1) is 17.0 Å².